The lowest BCUT2D eigenvalue weighted by atomic mass is 10.5. The Morgan fingerprint density at radius 3 is 2.93 bits per heavy atom. The number of hydrogen-bond acceptors (Lipinski definition) is 3. The summed E-state index contributed by atoms with van der Waals surface area (Å²) >= 11 is 5.73. The van der Waals surface area contributed by atoms with Gasteiger partial charge >= 0.3 is 0 Å². The van der Waals surface area contributed by atoms with Gasteiger partial charge in [0.25, 0.3) is 0 Å². The molecule has 6 heteroatoms. The molecule has 5 nitrogen and oxygen atoms in total. The number of carbonyl (C=O) groups is 1. The van der Waals surface area contributed by atoms with Crippen LogP contribution >= 0.6 is 11.6 Å². The second-order valence-corrected chi connectivity index (χ2v) is 4.20. The Morgan fingerprint density at radius 1 is 1.80 bits per heavy atom. The summed E-state index contributed by atoms with van der Waals surface area (Å²) in [6.07, 6.45) is 3.77. The maximum Gasteiger partial charge on any atom is 0.244 e. The Kier molecular flexibility index (Phi) is 2.56. The molecule has 0 bridgehead atoms. The highest BCUT2D eigenvalue weighted by Gasteiger charge is 2.29. The highest BCUT2D eigenvalue weighted by Crippen LogP contribution is 2.25. The van der Waals surface area contributed by atoms with Crippen molar-refractivity contribution in [2.75, 3.05) is 12.8 Å². The Hall–Kier alpha value is -1.23. The van der Waals surface area contributed by atoms with E-state index < -0.39 is 0 Å². The number of aromatic nitrogens is 2. The summed E-state index contributed by atoms with van der Waals surface area (Å²) in [6.45, 7) is 0.198. The van der Waals surface area contributed by atoms with Gasteiger partial charge in [-0.15, -0.1) is 0 Å². The van der Waals surface area contributed by atoms with Gasteiger partial charge < -0.3 is 10.6 Å². The normalized spacial score (nSPS) is 15.3. The fourth-order valence-electron chi connectivity index (χ4n) is 1.41. The number of likely N-dealkylation sites (N-methyl/N-ethyl adjacent to an activating group) is 1. The first-order valence-corrected chi connectivity index (χ1v) is 5.20. The lowest BCUT2D eigenvalue weighted by Gasteiger charge is -2.15. The highest BCUT2D eigenvalue weighted by atomic mass is 35.5. The molecule has 1 fully saturated rings. The average molecular weight is 229 g/mol. The summed E-state index contributed by atoms with van der Waals surface area (Å²) < 4.78 is 1.47. The molecule has 1 aliphatic carbocycles. The second-order valence-electron chi connectivity index (χ2n) is 3.80. The molecule has 1 aromatic heterocycles. The predicted octanol–water partition coefficient (Wildman–Crippen LogP) is 0.739. The minimum absolute atomic E-state index is 0.0386. The van der Waals surface area contributed by atoms with Crippen molar-refractivity contribution in [1.82, 2.24) is 14.7 Å². The Bertz CT molecular complexity index is 366. The summed E-state index contributed by atoms with van der Waals surface area (Å²) in [5.41, 5.74) is 5.48. The molecule has 1 aliphatic rings. The van der Waals surface area contributed by atoms with Crippen molar-refractivity contribution >= 4 is 23.3 Å². The van der Waals surface area contributed by atoms with Crippen molar-refractivity contribution in [1.29, 1.82) is 0 Å². The molecular weight excluding hydrogens is 216 g/mol. The van der Waals surface area contributed by atoms with Crippen molar-refractivity contribution in [3.8, 4) is 0 Å². The van der Waals surface area contributed by atoms with Gasteiger partial charge in [-0.25, -0.2) is 0 Å². The monoisotopic (exact) mass is 228 g/mol. The van der Waals surface area contributed by atoms with Crippen molar-refractivity contribution < 1.29 is 4.79 Å². The molecule has 0 saturated heterocycles. The number of nitrogens with zero attached hydrogens (tertiary/aromatic N) is 3. The number of nitrogen functional groups attached to an aromatic ring is 1. The number of rotatable bonds is 3. The Morgan fingerprint density at radius 2 is 2.47 bits per heavy atom. The molecule has 0 unspecified atom stereocenters. The fraction of sp³-hybridized carbons (Fsp3) is 0.556. The van der Waals surface area contributed by atoms with Crippen LogP contribution in [-0.4, -0.2) is 33.7 Å². The van der Waals surface area contributed by atoms with Crippen molar-refractivity contribution in [3.05, 3.63) is 11.2 Å². The zero-order valence-corrected chi connectivity index (χ0v) is 9.24. The van der Waals surface area contributed by atoms with Crippen LogP contribution in [0.1, 0.15) is 12.8 Å². The van der Waals surface area contributed by atoms with E-state index in [0.717, 1.165) is 12.8 Å². The largest absolute Gasteiger partial charge is 0.381 e. The van der Waals surface area contributed by atoms with E-state index in [4.69, 9.17) is 17.3 Å². The molecule has 1 heterocycles. The van der Waals surface area contributed by atoms with Gasteiger partial charge in [-0.1, -0.05) is 11.6 Å². The third-order valence-electron chi connectivity index (χ3n) is 2.53. The van der Waals surface area contributed by atoms with Crippen LogP contribution in [0.2, 0.25) is 5.02 Å². The smallest absolute Gasteiger partial charge is 0.244 e. The second kappa shape index (κ2) is 3.73. The summed E-state index contributed by atoms with van der Waals surface area (Å²) in [4.78, 5) is 13.5. The number of hydrogen-bond donors (Lipinski definition) is 1. The number of amides is 1. The Labute approximate surface area is 92.8 Å². The summed E-state index contributed by atoms with van der Waals surface area (Å²) in [6, 6.07) is 0.417. The molecule has 1 amide bonds. The lowest BCUT2D eigenvalue weighted by Crippen LogP contribution is -2.32. The first-order valence-electron chi connectivity index (χ1n) is 4.82. The van der Waals surface area contributed by atoms with Crippen LogP contribution in [0.5, 0.6) is 0 Å². The maximum absolute atomic E-state index is 11.7. The maximum atomic E-state index is 11.7. The van der Waals surface area contributed by atoms with Crippen LogP contribution in [0.4, 0.5) is 5.82 Å². The van der Waals surface area contributed by atoms with Crippen LogP contribution in [0.15, 0.2) is 6.20 Å². The van der Waals surface area contributed by atoms with Gasteiger partial charge in [-0.2, -0.15) is 5.10 Å². The predicted molar refractivity (Wildman–Crippen MR) is 57.4 cm³/mol. The molecule has 0 spiro atoms. The highest BCUT2D eigenvalue weighted by molar-refractivity contribution is 6.32. The van der Waals surface area contributed by atoms with Gasteiger partial charge in [0.2, 0.25) is 5.91 Å². The van der Waals surface area contributed by atoms with Gasteiger partial charge in [0.1, 0.15) is 11.6 Å². The molecule has 0 aromatic carbocycles. The molecule has 2 N–H and O–H groups in total. The summed E-state index contributed by atoms with van der Waals surface area (Å²) in [5.74, 6) is 0.301. The van der Waals surface area contributed by atoms with Crippen molar-refractivity contribution in [2.45, 2.75) is 25.4 Å². The van der Waals surface area contributed by atoms with E-state index in [0.29, 0.717) is 11.1 Å². The van der Waals surface area contributed by atoms with Crippen LogP contribution in [0, 0.1) is 0 Å². The fourth-order valence-corrected chi connectivity index (χ4v) is 1.56. The minimum Gasteiger partial charge on any atom is -0.381 e. The van der Waals surface area contributed by atoms with Crippen LogP contribution in [0.25, 0.3) is 0 Å². The third kappa shape index (κ3) is 2.23. The zero-order valence-electron chi connectivity index (χ0n) is 8.48. The van der Waals surface area contributed by atoms with Gasteiger partial charge in [0.15, 0.2) is 5.82 Å². The molecule has 82 valence electrons. The third-order valence-corrected chi connectivity index (χ3v) is 2.82. The molecule has 0 aliphatic heterocycles. The van der Waals surface area contributed by atoms with E-state index in [1.165, 1.54) is 4.68 Å². The van der Waals surface area contributed by atoms with E-state index in [2.05, 4.69) is 5.10 Å². The summed E-state index contributed by atoms with van der Waals surface area (Å²) in [7, 11) is 1.81. The Balaban J connectivity index is 1.98. The summed E-state index contributed by atoms with van der Waals surface area (Å²) in [5, 5.41) is 4.31. The molecular formula is C9H13ClN4O. The SMILES string of the molecule is CN(C(=O)Cn1cc(Cl)c(N)n1)C1CC1. The van der Waals surface area contributed by atoms with Crippen molar-refractivity contribution in [3.63, 3.8) is 0 Å². The zero-order chi connectivity index (χ0) is 11.0. The first-order chi connectivity index (χ1) is 7.08. The van der Waals surface area contributed by atoms with Crippen LogP contribution in [-0.2, 0) is 11.3 Å². The number of nitrogens with two attached hydrogens (primary N) is 1. The van der Waals surface area contributed by atoms with E-state index in [9.17, 15) is 4.79 Å². The van der Waals surface area contributed by atoms with Gasteiger partial charge in [-0.3, -0.25) is 9.48 Å². The number of halogens is 1. The molecule has 1 aromatic rings. The molecule has 2 rings (SSSR count). The van der Waals surface area contributed by atoms with E-state index in [-0.39, 0.29) is 18.3 Å². The number of carbonyl (C=O) groups excluding carboxylic acids is 1. The number of anilines is 1. The minimum atomic E-state index is 0.0386. The van der Waals surface area contributed by atoms with Crippen LogP contribution in [0.3, 0.4) is 0 Å². The van der Waals surface area contributed by atoms with Crippen molar-refractivity contribution in [2.24, 2.45) is 0 Å². The van der Waals surface area contributed by atoms with Crippen LogP contribution < -0.4 is 5.73 Å². The van der Waals surface area contributed by atoms with E-state index >= 15 is 0 Å². The standard InChI is InChI=1S/C9H13ClN4O/c1-13(6-2-3-6)8(15)5-14-4-7(10)9(11)12-14/h4,6H,2-3,5H2,1H3,(H2,11,12). The molecule has 15 heavy (non-hydrogen) atoms. The lowest BCUT2D eigenvalue weighted by molar-refractivity contribution is -0.131. The quantitative estimate of drug-likeness (QED) is 0.830. The van der Waals surface area contributed by atoms with E-state index in [1.54, 1.807) is 11.1 Å². The molecule has 0 radical (unpaired) electrons. The molecule has 1 saturated carbocycles. The topological polar surface area (TPSA) is 64.2 Å². The van der Waals surface area contributed by atoms with E-state index in [1.807, 2.05) is 7.05 Å². The first kappa shape index (κ1) is 10.3. The van der Waals surface area contributed by atoms with Gasteiger partial charge in [-0.05, 0) is 12.8 Å². The van der Waals surface area contributed by atoms with Gasteiger partial charge in [0.05, 0.1) is 0 Å². The van der Waals surface area contributed by atoms with Gasteiger partial charge in [0, 0.05) is 19.3 Å². The molecule has 0 atom stereocenters. The average Bonchev–Trinajstić information content (AvgIpc) is 2.95.